The number of hydrogen-bond donors (Lipinski definition) is 1. The lowest BCUT2D eigenvalue weighted by molar-refractivity contribution is 0.261. The Labute approximate surface area is 120 Å². The van der Waals surface area contributed by atoms with Crippen molar-refractivity contribution in [2.24, 2.45) is 0 Å². The van der Waals surface area contributed by atoms with E-state index in [1.54, 1.807) is 7.11 Å². The highest BCUT2D eigenvalue weighted by atomic mass is 16.5. The fourth-order valence-corrected chi connectivity index (χ4v) is 2.25. The maximum Gasteiger partial charge on any atom is 0.120 e. The molecule has 20 heavy (non-hydrogen) atoms. The standard InChI is InChI=1S/C17H21NO2/c1-18(15-9-6-10-17(12-15)20-2)16(13-19)11-14-7-4-3-5-8-14/h3-10,12,16,19H,11,13H2,1-2H3. The van der Waals surface area contributed by atoms with Gasteiger partial charge in [-0.2, -0.15) is 0 Å². The maximum atomic E-state index is 9.67. The number of benzene rings is 2. The van der Waals surface area contributed by atoms with E-state index in [2.05, 4.69) is 17.0 Å². The fourth-order valence-electron chi connectivity index (χ4n) is 2.25. The second kappa shape index (κ2) is 6.96. The minimum Gasteiger partial charge on any atom is -0.497 e. The average Bonchev–Trinajstić information content (AvgIpc) is 2.53. The lowest BCUT2D eigenvalue weighted by Crippen LogP contribution is -2.36. The van der Waals surface area contributed by atoms with E-state index >= 15 is 0 Å². The van der Waals surface area contributed by atoms with Crippen molar-refractivity contribution in [3.63, 3.8) is 0 Å². The van der Waals surface area contributed by atoms with Gasteiger partial charge in [0.05, 0.1) is 19.8 Å². The molecule has 1 N–H and O–H groups in total. The van der Waals surface area contributed by atoms with Crippen LogP contribution in [0.5, 0.6) is 5.75 Å². The van der Waals surface area contributed by atoms with Gasteiger partial charge in [-0.05, 0) is 24.1 Å². The highest BCUT2D eigenvalue weighted by Gasteiger charge is 2.15. The van der Waals surface area contributed by atoms with Crippen molar-refractivity contribution in [2.45, 2.75) is 12.5 Å². The number of anilines is 1. The quantitative estimate of drug-likeness (QED) is 0.877. The van der Waals surface area contributed by atoms with Crippen molar-refractivity contribution in [1.82, 2.24) is 0 Å². The molecule has 2 aromatic rings. The molecule has 0 amide bonds. The van der Waals surface area contributed by atoms with Gasteiger partial charge in [-0.3, -0.25) is 0 Å². The van der Waals surface area contributed by atoms with Gasteiger partial charge in [0.25, 0.3) is 0 Å². The number of aliphatic hydroxyl groups is 1. The predicted octanol–water partition coefficient (Wildman–Crippen LogP) is 2.74. The van der Waals surface area contributed by atoms with Gasteiger partial charge in [0, 0.05) is 18.8 Å². The number of rotatable bonds is 6. The molecule has 0 saturated carbocycles. The molecule has 0 aromatic heterocycles. The third-order valence-electron chi connectivity index (χ3n) is 3.53. The maximum absolute atomic E-state index is 9.67. The van der Waals surface area contributed by atoms with Crippen LogP contribution in [0.1, 0.15) is 5.56 Å². The molecule has 106 valence electrons. The van der Waals surface area contributed by atoms with Gasteiger partial charge in [0.15, 0.2) is 0 Å². The smallest absolute Gasteiger partial charge is 0.120 e. The fraction of sp³-hybridized carbons (Fsp3) is 0.294. The summed E-state index contributed by atoms with van der Waals surface area (Å²) in [5, 5.41) is 9.67. The monoisotopic (exact) mass is 271 g/mol. The molecule has 0 fully saturated rings. The Morgan fingerprint density at radius 3 is 2.50 bits per heavy atom. The van der Waals surface area contributed by atoms with Crippen LogP contribution < -0.4 is 9.64 Å². The Morgan fingerprint density at radius 2 is 1.85 bits per heavy atom. The van der Waals surface area contributed by atoms with E-state index in [1.807, 2.05) is 49.5 Å². The van der Waals surface area contributed by atoms with Gasteiger partial charge in [-0.15, -0.1) is 0 Å². The van der Waals surface area contributed by atoms with E-state index in [0.29, 0.717) is 0 Å². The Morgan fingerprint density at radius 1 is 1.10 bits per heavy atom. The molecule has 0 aliphatic rings. The molecule has 0 saturated heterocycles. The Bertz CT molecular complexity index is 528. The van der Waals surface area contributed by atoms with E-state index < -0.39 is 0 Å². The number of aliphatic hydroxyl groups excluding tert-OH is 1. The summed E-state index contributed by atoms with van der Waals surface area (Å²) in [7, 11) is 3.66. The van der Waals surface area contributed by atoms with Crippen LogP contribution in [-0.2, 0) is 6.42 Å². The molecular weight excluding hydrogens is 250 g/mol. The van der Waals surface area contributed by atoms with Crippen LogP contribution in [0.25, 0.3) is 0 Å². The molecule has 3 heteroatoms. The number of likely N-dealkylation sites (N-methyl/N-ethyl adjacent to an activating group) is 1. The summed E-state index contributed by atoms with van der Waals surface area (Å²) in [6, 6.07) is 18.1. The Kier molecular flexibility index (Phi) is 5.02. The SMILES string of the molecule is COc1cccc(N(C)C(CO)Cc2ccccc2)c1. The molecule has 0 bridgehead atoms. The molecule has 3 nitrogen and oxygen atoms in total. The first-order chi connectivity index (χ1) is 9.74. The second-order valence-corrected chi connectivity index (χ2v) is 4.84. The summed E-state index contributed by atoms with van der Waals surface area (Å²) < 4.78 is 5.25. The van der Waals surface area contributed by atoms with Crippen molar-refractivity contribution in [3.8, 4) is 5.75 Å². The first-order valence-electron chi connectivity index (χ1n) is 6.76. The van der Waals surface area contributed by atoms with Gasteiger partial charge in [0.1, 0.15) is 5.75 Å². The zero-order valence-electron chi connectivity index (χ0n) is 12.0. The van der Waals surface area contributed by atoms with Gasteiger partial charge >= 0.3 is 0 Å². The molecule has 2 rings (SSSR count). The van der Waals surface area contributed by atoms with Crippen LogP contribution in [0.15, 0.2) is 54.6 Å². The van der Waals surface area contributed by atoms with Gasteiger partial charge in [0.2, 0.25) is 0 Å². The normalized spacial score (nSPS) is 11.9. The molecular formula is C17H21NO2. The van der Waals surface area contributed by atoms with Crippen LogP contribution in [0.4, 0.5) is 5.69 Å². The lowest BCUT2D eigenvalue weighted by atomic mass is 10.0. The number of nitrogens with zero attached hydrogens (tertiary/aromatic N) is 1. The van der Waals surface area contributed by atoms with Crippen molar-refractivity contribution < 1.29 is 9.84 Å². The number of ether oxygens (including phenoxy) is 1. The summed E-state index contributed by atoms with van der Waals surface area (Å²) in [5.74, 6) is 0.825. The van der Waals surface area contributed by atoms with Crippen LogP contribution >= 0.6 is 0 Å². The van der Waals surface area contributed by atoms with Gasteiger partial charge < -0.3 is 14.7 Å². The summed E-state index contributed by atoms with van der Waals surface area (Å²) in [4.78, 5) is 2.09. The molecule has 0 spiro atoms. The summed E-state index contributed by atoms with van der Waals surface area (Å²) in [6.07, 6.45) is 0.811. The van der Waals surface area contributed by atoms with E-state index in [9.17, 15) is 5.11 Å². The van der Waals surface area contributed by atoms with E-state index in [1.165, 1.54) is 5.56 Å². The molecule has 0 heterocycles. The predicted molar refractivity (Wildman–Crippen MR) is 82.4 cm³/mol. The summed E-state index contributed by atoms with van der Waals surface area (Å²) in [6.45, 7) is 0.114. The van der Waals surface area contributed by atoms with Crippen molar-refractivity contribution in [1.29, 1.82) is 0 Å². The van der Waals surface area contributed by atoms with Crippen LogP contribution in [0, 0.1) is 0 Å². The molecule has 1 atom stereocenters. The Hall–Kier alpha value is -2.00. The van der Waals surface area contributed by atoms with E-state index in [4.69, 9.17) is 4.74 Å². The molecule has 0 radical (unpaired) electrons. The van der Waals surface area contributed by atoms with Crippen LogP contribution in [0.3, 0.4) is 0 Å². The highest BCUT2D eigenvalue weighted by Crippen LogP contribution is 2.22. The summed E-state index contributed by atoms with van der Waals surface area (Å²) >= 11 is 0. The molecule has 1 unspecified atom stereocenters. The molecule has 0 aliphatic heterocycles. The van der Waals surface area contributed by atoms with Gasteiger partial charge in [-0.1, -0.05) is 36.4 Å². The van der Waals surface area contributed by atoms with Crippen molar-refractivity contribution in [3.05, 3.63) is 60.2 Å². The molecule has 2 aromatic carbocycles. The zero-order valence-corrected chi connectivity index (χ0v) is 12.0. The lowest BCUT2D eigenvalue weighted by Gasteiger charge is -2.29. The highest BCUT2D eigenvalue weighted by molar-refractivity contribution is 5.51. The second-order valence-electron chi connectivity index (χ2n) is 4.84. The van der Waals surface area contributed by atoms with Crippen molar-refractivity contribution >= 4 is 5.69 Å². The first-order valence-corrected chi connectivity index (χ1v) is 6.76. The van der Waals surface area contributed by atoms with Crippen molar-refractivity contribution in [2.75, 3.05) is 25.7 Å². The zero-order chi connectivity index (χ0) is 14.4. The van der Waals surface area contributed by atoms with Crippen LogP contribution in [-0.4, -0.2) is 31.9 Å². The third-order valence-corrected chi connectivity index (χ3v) is 3.53. The first kappa shape index (κ1) is 14.4. The minimum atomic E-state index is 0.0458. The minimum absolute atomic E-state index is 0.0458. The van der Waals surface area contributed by atoms with E-state index in [-0.39, 0.29) is 12.6 Å². The largest absolute Gasteiger partial charge is 0.497 e. The number of hydrogen-bond acceptors (Lipinski definition) is 3. The third kappa shape index (κ3) is 3.52. The topological polar surface area (TPSA) is 32.7 Å². The number of methoxy groups -OCH3 is 1. The Balaban J connectivity index is 2.13. The average molecular weight is 271 g/mol. The van der Waals surface area contributed by atoms with Gasteiger partial charge in [-0.25, -0.2) is 0 Å². The van der Waals surface area contributed by atoms with E-state index in [0.717, 1.165) is 17.9 Å². The van der Waals surface area contributed by atoms with Crippen LogP contribution in [0.2, 0.25) is 0 Å². The summed E-state index contributed by atoms with van der Waals surface area (Å²) in [5.41, 5.74) is 2.26. The molecule has 0 aliphatic carbocycles.